The van der Waals surface area contributed by atoms with E-state index in [9.17, 15) is 9.59 Å². The average molecular weight is 294 g/mol. The maximum absolute atomic E-state index is 12.2. The number of carbonyl (C=O) groups is 1. The van der Waals surface area contributed by atoms with Crippen molar-refractivity contribution in [3.05, 3.63) is 26.6 Å². The number of H-pyrrole nitrogens is 1. The molecule has 2 aromatic heterocycles. The minimum absolute atomic E-state index is 0.0792. The number of fused-ring (bicyclic) bond motifs is 1. The molecule has 2 rings (SSSR count). The van der Waals surface area contributed by atoms with Crippen molar-refractivity contribution in [2.45, 2.75) is 46.0 Å². The largest absolute Gasteiger partial charge is 0.481 e. The normalized spacial score (nSPS) is 11.1. The van der Waals surface area contributed by atoms with Gasteiger partial charge in [0.15, 0.2) is 0 Å². The van der Waals surface area contributed by atoms with E-state index < -0.39 is 5.97 Å². The molecule has 0 amide bonds. The summed E-state index contributed by atoms with van der Waals surface area (Å²) < 4.78 is 0. The number of aryl methyl sites for hydroxylation is 3. The van der Waals surface area contributed by atoms with Gasteiger partial charge in [0.05, 0.1) is 5.39 Å². The molecular weight excluding hydrogens is 276 g/mol. The molecular formula is C14H18N2O3S. The topological polar surface area (TPSA) is 83.0 Å². The minimum atomic E-state index is -0.789. The highest BCUT2D eigenvalue weighted by atomic mass is 32.1. The van der Waals surface area contributed by atoms with Crippen molar-refractivity contribution in [1.82, 2.24) is 9.97 Å². The van der Waals surface area contributed by atoms with Gasteiger partial charge in [0.2, 0.25) is 0 Å². The van der Waals surface area contributed by atoms with E-state index in [4.69, 9.17) is 5.11 Å². The maximum Gasteiger partial charge on any atom is 0.303 e. The molecule has 0 aliphatic carbocycles. The number of aromatic nitrogens is 2. The predicted molar refractivity (Wildman–Crippen MR) is 79.5 cm³/mol. The molecule has 0 bridgehead atoms. The van der Waals surface area contributed by atoms with Gasteiger partial charge in [-0.3, -0.25) is 9.59 Å². The maximum atomic E-state index is 12.2. The highest BCUT2D eigenvalue weighted by molar-refractivity contribution is 7.18. The standard InChI is InChI=1S/C14H18N2O3S/c1-3-9-8(2)20-14-12(9)13(19)15-10(16-14)6-4-5-7-11(17)18/h3-7H2,1-2H3,(H,17,18)(H,15,16,19). The van der Waals surface area contributed by atoms with Gasteiger partial charge in [-0.2, -0.15) is 0 Å². The molecule has 108 valence electrons. The number of thiophene rings is 1. The highest BCUT2D eigenvalue weighted by Crippen LogP contribution is 2.27. The molecule has 0 fully saturated rings. The molecule has 0 radical (unpaired) electrons. The fraction of sp³-hybridized carbons (Fsp3) is 0.500. The van der Waals surface area contributed by atoms with Crippen LogP contribution in [0.2, 0.25) is 0 Å². The molecule has 0 saturated carbocycles. The van der Waals surface area contributed by atoms with Gasteiger partial charge in [0.25, 0.3) is 5.56 Å². The van der Waals surface area contributed by atoms with Crippen LogP contribution in [0.15, 0.2) is 4.79 Å². The van der Waals surface area contributed by atoms with Crippen molar-refractivity contribution in [2.24, 2.45) is 0 Å². The number of rotatable bonds is 6. The SMILES string of the molecule is CCc1c(C)sc2nc(CCCCC(=O)O)[nH]c(=O)c12. The Hall–Kier alpha value is -1.69. The van der Waals surface area contributed by atoms with E-state index >= 15 is 0 Å². The first kappa shape index (κ1) is 14.7. The summed E-state index contributed by atoms with van der Waals surface area (Å²) in [4.78, 5) is 31.8. The zero-order chi connectivity index (χ0) is 14.7. The number of aliphatic carboxylic acids is 1. The van der Waals surface area contributed by atoms with Gasteiger partial charge in [-0.1, -0.05) is 6.92 Å². The van der Waals surface area contributed by atoms with Crippen LogP contribution in [-0.4, -0.2) is 21.0 Å². The second-order valence-electron chi connectivity index (χ2n) is 4.78. The number of nitrogens with zero attached hydrogens (tertiary/aromatic N) is 1. The lowest BCUT2D eigenvalue weighted by molar-refractivity contribution is -0.137. The van der Waals surface area contributed by atoms with E-state index in [0.29, 0.717) is 30.5 Å². The van der Waals surface area contributed by atoms with E-state index in [1.807, 2.05) is 13.8 Å². The van der Waals surface area contributed by atoms with E-state index in [0.717, 1.165) is 21.7 Å². The molecule has 20 heavy (non-hydrogen) atoms. The molecule has 0 unspecified atom stereocenters. The molecule has 0 aliphatic rings. The van der Waals surface area contributed by atoms with Crippen LogP contribution < -0.4 is 5.56 Å². The van der Waals surface area contributed by atoms with Gasteiger partial charge in [-0.25, -0.2) is 4.98 Å². The molecule has 6 heteroatoms. The van der Waals surface area contributed by atoms with Crippen LogP contribution in [0, 0.1) is 6.92 Å². The van der Waals surface area contributed by atoms with E-state index in [1.165, 1.54) is 0 Å². The Morgan fingerprint density at radius 1 is 1.40 bits per heavy atom. The summed E-state index contributed by atoms with van der Waals surface area (Å²) in [7, 11) is 0. The smallest absolute Gasteiger partial charge is 0.303 e. The van der Waals surface area contributed by atoms with Crippen LogP contribution in [0.4, 0.5) is 0 Å². The number of carboxylic acids is 1. The first-order chi connectivity index (χ1) is 9.52. The third kappa shape index (κ3) is 3.07. The van der Waals surface area contributed by atoms with Gasteiger partial charge >= 0.3 is 5.97 Å². The van der Waals surface area contributed by atoms with Crippen LogP contribution >= 0.6 is 11.3 Å². The van der Waals surface area contributed by atoms with Crippen molar-refractivity contribution in [1.29, 1.82) is 0 Å². The molecule has 2 N–H and O–H groups in total. The Bertz CT molecular complexity index is 688. The van der Waals surface area contributed by atoms with Gasteiger partial charge in [-0.05, 0) is 31.7 Å². The summed E-state index contributed by atoms with van der Waals surface area (Å²) in [6, 6.07) is 0. The molecule has 0 spiro atoms. The van der Waals surface area contributed by atoms with Gasteiger partial charge in [0.1, 0.15) is 10.7 Å². The number of unbranched alkanes of at least 4 members (excludes halogenated alkanes) is 1. The Balaban J connectivity index is 2.21. The zero-order valence-electron chi connectivity index (χ0n) is 11.7. The number of nitrogens with one attached hydrogen (secondary N) is 1. The average Bonchev–Trinajstić information content (AvgIpc) is 2.70. The Morgan fingerprint density at radius 2 is 2.15 bits per heavy atom. The van der Waals surface area contributed by atoms with Crippen LogP contribution in [0.5, 0.6) is 0 Å². The second-order valence-corrected chi connectivity index (χ2v) is 5.99. The minimum Gasteiger partial charge on any atom is -0.481 e. The Morgan fingerprint density at radius 3 is 2.80 bits per heavy atom. The lowest BCUT2D eigenvalue weighted by atomic mass is 10.1. The third-order valence-corrected chi connectivity index (χ3v) is 4.36. The second kappa shape index (κ2) is 6.17. The molecule has 0 saturated heterocycles. The van der Waals surface area contributed by atoms with Crippen LogP contribution in [0.3, 0.4) is 0 Å². The van der Waals surface area contributed by atoms with Crippen molar-refractivity contribution in [3.63, 3.8) is 0 Å². The third-order valence-electron chi connectivity index (χ3n) is 3.32. The monoisotopic (exact) mass is 294 g/mol. The van der Waals surface area contributed by atoms with Crippen LogP contribution in [-0.2, 0) is 17.6 Å². The molecule has 2 heterocycles. The zero-order valence-corrected chi connectivity index (χ0v) is 12.5. The van der Waals surface area contributed by atoms with Gasteiger partial charge in [-0.15, -0.1) is 11.3 Å². The summed E-state index contributed by atoms with van der Waals surface area (Å²) in [6.07, 6.45) is 2.91. The number of carboxylic acid groups (broad SMARTS) is 1. The van der Waals surface area contributed by atoms with E-state index in [-0.39, 0.29) is 12.0 Å². The van der Waals surface area contributed by atoms with E-state index in [2.05, 4.69) is 9.97 Å². The summed E-state index contributed by atoms with van der Waals surface area (Å²) in [5, 5.41) is 9.30. The Labute approximate surface area is 120 Å². The summed E-state index contributed by atoms with van der Waals surface area (Å²) >= 11 is 1.55. The van der Waals surface area contributed by atoms with Gasteiger partial charge in [0, 0.05) is 17.7 Å². The number of aromatic amines is 1. The number of hydrogen-bond donors (Lipinski definition) is 2. The lowest BCUT2D eigenvalue weighted by Crippen LogP contribution is -2.12. The predicted octanol–water partition coefficient (Wildman–Crippen LogP) is 2.65. The Kier molecular flexibility index (Phi) is 4.54. The van der Waals surface area contributed by atoms with Crippen molar-refractivity contribution >= 4 is 27.5 Å². The molecule has 0 atom stereocenters. The van der Waals surface area contributed by atoms with Crippen molar-refractivity contribution in [2.75, 3.05) is 0 Å². The quantitative estimate of drug-likeness (QED) is 0.802. The summed E-state index contributed by atoms with van der Waals surface area (Å²) in [6.45, 7) is 4.05. The number of hydrogen-bond acceptors (Lipinski definition) is 4. The first-order valence-electron chi connectivity index (χ1n) is 6.76. The summed E-state index contributed by atoms with van der Waals surface area (Å²) in [5.74, 6) is -0.139. The molecule has 0 aliphatic heterocycles. The van der Waals surface area contributed by atoms with Gasteiger partial charge < -0.3 is 10.1 Å². The summed E-state index contributed by atoms with van der Waals surface area (Å²) in [5.41, 5.74) is 1.00. The first-order valence-corrected chi connectivity index (χ1v) is 7.57. The molecule has 0 aromatic carbocycles. The molecule has 5 nitrogen and oxygen atoms in total. The molecule has 2 aromatic rings. The fourth-order valence-corrected chi connectivity index (χ4v) is 3.47. The van der Waals surface area contributed by atoms with Crippen molar-refractivity contribution < 1.29 is 9.90 Å². The lowest BCUT2D eigenvalue weighted by Gasteiger charge is -2.01. The van der Waals surface area contributed by atoms with E-state index in [1.54, 1.807) is 11.3 Å². The van der Waals surface area contributed by atoms with Crippen LogP contribution in [0.25, 0.3) is 10.2 Å². The van der Waals surface area contributed by atoms with Crippen LogP contribution in [0.1, 0.15) is 42.5 Å². The highest BCUT2D eigenvalue weighted by Gasteiger charge is 2.13. The van der Waals surface area contributed by atoms with Crippen molar-refractivity contribution in [3.8, 4) is 0 Å². The fourth-order valence-electron chi connectivity index (χ4n) is 2.33.